The first-order valence-electron chi connectivity index (χ1n) is 7.35. The third-order valence-electron chi connectivity index (χ3n) is 3.48. The molecule has 21 heavy (non-hydrogen) atoms. The van der Waals surface area contributed by atoms with E-state index < -0.39 is 9.84 Å². The predicted octanol–water partition coefficient (Wildman–Crippen LogP) is 2.90. The molecule has 1 aliphatic carbocycles. The maximum Gasteiger partial charge on any atom is 0.150 e. The molecule has 1 aliphatic rings. The van der Waals surface area contributed by atoms with Crippen LogP contribution in [-0.4, -0.2) is 32.6 Å². The third-order valence-corrected chi connectivity index (χ3v) is 6.05. The van der Waals surface area contributed by atoms with Crippen molar-refractivity contribution in [3.63, 3.8) is 0 Å². The summed E-state index contributed by atoms with van der Waals surface area (Å²) in [5, 5.41) is 3.47. The Kier molecular flexibility index (Phi) is 6.08. The highest BCUT2D eigenvalue weighted by atomic mass is 79.9. The van der Waals surface area contributed by atoms with Crippen molar-refractivity contribution < 1.29 is 13.2 Å². The fourth-order valence-electron chi connectivity index (χ4n) is 1.93. The van der Waals surface area contributed by atoms with Crippen LogP contribution in [0.5, 0.6) is 5.75 Å². The second-order valence-electron chi connectivity index (χ2n) is 5.35. The fraction of sp³-hybridized carbons (Fsp3) is 0.600. The van der Waals surface area contributed by atoms with Crippen molar-refractivity contribution in [2.75, 3.05) is 18.1 Å². The molecule has 0 unspecified atom stereocenters. The van der Waals surface area contributed by atoms with Crippen LogP contribution in [0.25, 0.3) is 0 Å². The summed E-state index contributed by atoms with van der Waals surface area (Å²) in [5.74, 6) is 1.18. The van der Waals surface area contributed by atoms with Crippen LogP contribution in [0.4, 0.5) is 0 Å². The van der Waals surface area contributed by atoms with Crippen molar-refractivity contribution in [3.8, 4) is 5.75 Å². The molecule has 0 spiro atoms. The molecule has 1 N–H and O–H groups in total. The molecule has 1 fully saturated rings. The van der Waals surface area contributed by atoms with E-state index in [2.05, 4.69) is 21.2 Å². The highest BCUT2D eigenvalue weighted by molar-refractivity contribution is 9.10. The van der Waals surface area contributed by atoms with Gasteiger partial charge in [0.1, 0.15) is 15.6 Å². The summed E-state index contributed by atoms with van der Waals surface area (Å²) in [6, 6.07) is 6.55. The molecule has 4 nitrogen and oxygen atoms in total. The van der Waals surface area contributed by atoms with Gasteiger partial charge in [0.2, 0.25) is 0 Å². The zero-order chi connectivity index (χ0) is 15.3. The quantitative estimate of drug-likeness (QED) is 0.674. The molecule has 1 aromatic rings. The van der Waals surface area contributed by atoms with Crippen molar-refractivity contribution in [1.29, 1.82) is 0 Å². The maximum absolute atomic E-state index is 11.4. The average Bonchev–Trinajstić information content (AvgIpc) is 3.28. The molecule has 0 atom stereocenters. The van der Waals surface area contributed by atoms with E-state index in [0.717, 1.165) is 16.8 Å². The molecule has 0 saturated heterocycles. The summed E-state index contributed by atoms with van der Waals surface area (Å²) < 4.78 is 29.5. The third kappa shape index (κ3) is 5.96. The van der Waals surface area contributed by atoms with Crippen LogP contribution >= 0.6 is 15.9 Å². The van der Waals surface area contributed by atoms with Gasteiger partial charge in [-0.15, -0.1) is 0 Å². The first-order chi connectivity index (χ1) is 10.00. The number of sulfone groups is 1. The Morgan fingerprint density at radius 1 is 1.38 bits per heavy atom. The molecule has 0 amide bonds. The van der Waals surface area contributed by atoms with Crippen LogP contribution in [0.3, 0.4) is 0 Å². The van der Waals surface area contributed by atoms with Crippen LogP contribution in [0, 0.1) is 0 Å². The lowest BCUT2D eigenvalue weighted by Gasteiger charge is -2.10. The molecule has 2 rings (SSSR count). The van der Waals surface area contributed by atoms with E-state index >= 15 is 0 Å². The standard InChI is InChI=1S/C15H22BrNO3S/c1-2-21(18,19)9-3-8-20-14-6-7-15(16)12(10-14)11-17-13-4-5-13/h6-7,10,13,17H,2-5,8-9,11H2,1H3. The summed E-state index contributed by atoms with van der Waals surface area (Å²) in [4.78, 5) is 0. The summed E-state index contributed by atoms with van der Waals surface area (Å²) in [5.41, 5.74) is 1.17. The Balaban J connectivity index is 1.80. The van der Waals surface area contributed by atoms with Crippen LogP contribution in [0.1, 0.15) is 31.7 Å². The molecule has 0 heterocycles. The van der Waals surface area contributed by atoms with E-state index in [-0.39, 0.29) is 11.5 Å². The Labute approximate surface area is 135 Å². The highest BCUT2D eigenvalue weighted by Crippen LogP contribution is 2.25. The van der Waals surface area contributed by atoms with Crippen LogP contribution < -0.4 is 10.1 Å². The van der Waals surface area contributed by atoms with E-state index in [1.165, 1.54) is 18.4 Å². The van der Waals surface area contributed by atoms with E-state index in [4.69, 9.17) is 4.74 Å². The number of halogens is 1. The van der Waals surface area contributed by atoms with Crippen molar-refractivity contribution in [1.82, 2.24) is 5.32 Å². The van der Waals surface area contributed by atoms with Gasteiger partial charge in [0.25, 0.3) is 0 Å². The monoisotopic (exact) mass is 375 g/mol. The molecule has 6 heteroatoms. The minimum Gasteiger partial charge on any atom is -0.494 e. The number of benzene rings is 1. The first kappa shape index (κ1) is 16.8. The zero-order valence-corrected chi connectivity index (χ0v) is 14.7. The topological polar surface area (TPSA) is 55.4 Å². The summed E-state index contributed by atoms with van der Waals surface area (Å²) in [6.45, 7) is 2.92. The van der Waals surface area contributed by atoms with Gasteiger partial charge in [0.05, 0.1) is 12.4 Å². The van der Waals surface area contributed by atoms with E-state index in [1.54, 1.807) is 6.92 Å². The molecular weight excluding hydrogens is 354 g/mol. The maximum atomic E-state index is 11.4. The minimum atomic E-state index is -2.90. The number of ether oxygens (including phenoxy) is 1. The van der Waals surface area contributed by atoms with Gasteiger partial charge in [-0.2, -0.15) is 0 Å². The summed E-state index contributed by atoms with van der Waals surface area (Å²) in [6.07, 6.45) is 3.06. The second kappa shape index (κ2) is 7.61. The lowest BCUT2D eigenvalue weighted by atomic mass is 10.2. The fourth-order valence-corrected chi connectivity index (χ4v) is 3.16. The van der Waals surface area contributed by atoms with Crippen molar-refractivity contribution in [3.05, 3.63) is 28.2 Å². The Bertz CT molecular complexity index is 570. The number of hydrogen-bond acceptors (Lipinski definition) is 4. The number of hydrogen-bond donors (Lipinski definition) is 1. The number of rotatable bonds is 9. The van der Waals surface area contributed by atoms with Gasteiger partial charge in [-0.25, -0.2) is 8.42 Å². The van der Waals surface area contributed by atoms with Crippen molar-refractivity contribution in [2.45, 2.75) is 38.8 Å². The highest BCUT2D eigenvalue weighted by Gasteiger charge is 2.20. The van der Waals surface area contributed by atoms with Crippen LogP contribution in [0.15, 0.2) is 22.7 Å². The van der Waals surface area contributed by atoms with Gasteiger partial charge in [0.15, 0.2) is 0 Å². The van der Waals surface area contributed by atoms with Gasteiger partial charge >= 0.3 is 0 Å². The molecule has 0 aliphatic heterocycles. The average molecular weight is 376 g/mol. The van der Waals surface area contributed by atoms with Crippen LogP contribution in [-0.2, 0) is 16.4 Å². The van der Waals surface area contributed by atoms with E-state index in [1.807, 2.05) is 18.2 Å². The SMILES string of the molecule is CCS(=O)(=O)CCCOc1ccc(Br)c(CNC2CC2)c1. The molecule has 1 aromatic carbocycles. The van der Waals surface area contributed by atoms with Gasteiger partial charge in [-0.05, 0) is 43.0 Å². The molecule has 0 bridgehead atoms. The molecular formula is C15H22BrNO3S. The van der Waals surface area contributed by atoms with Gasteiger partial charge < -0.3 is 10.1 Å². The van der Waals surface area contributed by atoms with Gasteiger partial charge in [-0.3, -0.25) is 0 Å². The number of nitrogens with one attached hydrogen (secondary N) is 1. The molecule has 118 valence electrons. The summed E-state index contributed by atoms with van der Waals surface area (Å²) in [7, 11) is -2.90. The minimum absolute atomic E-state index is 0.191. The second-order valence-corrected chi connectivity index (χ2v) is 8.67. The largest absolute Gasteiger partial charge is 0.494 e. The van der Waals surface area contributed by atoms with Crippen LogP contribution in [0.2, 0.25) is 0 Å². The zero-order valence-electron chi connectivity index (χ0n) is 12.3. The smallest absolute Gasteiger partial charge is 0.150 e. The molecule has 0 aromatic heterocycles. The van der Waals surface area contributed by atoms with E-state index in [9.17, 15) is 8.42 Å². The lowest BCUT2D eigenvalue weighted by molar-refractivity contribution is 0.317. The Morgan fingerprint density at radius 2 is 2.14 bits per heavy atom. The van der Waals surface area contributed by atoms with Gasteiger partial charge in [-0.1, -0.05) is 22.9 Å². The molecule has 1 saturated carbocycles. The summed E-state index contributed by atoms with van der Waals surface area (Å²) >= 11 is 3.54. The van der Waals surface area contributed by atoms with E-state index in [0.29, 0.717) is 19.1 Å². The van der Waals surface area contributed by atoms with Crippen molar-refractivity contribution in [2.24, 2.45) is 0 Å². The normalized spacial score (nSPS) is 15.1. The first-order valence-corrected chi connectivity index (χ1v) is 9.96. The Hall–Kier alpha value is -0.590. The predicted molar refractivity (Wildman–Crippen MR) is 88.4 cm³/mol. The molecule has 0 radical (unpaired) electrons. The van der Waals surface area contributed by atoms with Crippen molar-refractivity contribution >= 4 is 25.8 Å². The Morgan fingerprint density at radius 3 is 2.81 bits per heavy atom. The van der Waals surface area contributed by atoms with Gasteiger partial charge in [0, 0.05) is 22.8 Å². The lowest BCUT2D eigenvalue weighted by Crippen LogP contribution is -2.15.